The quantitative estimate of drug-likeness (QED) is 0.534. The minimum atomic E-state index is -3.85. The molecule has 2 N–H and O–H groups in total. The lowest BCUT2D eigenvalue weighted by Crippen LogP contribution is -2.56. The number of nitrogens with zero attached hydrogens (tertiary/aromatic N) is 4. The van der Waals surface area contributed by atoms with E-state index >= 15 is 0 Å². The van der Waals surface area contributed by atoms with Gasteiger partial charge < -0.3 is 5.32 Å². The number of hydrogen-bond donors (Lipinski definition) is 2. The summed E-state index contributed by atoms with van der Waals surface area (Å²) in [5, 5.41) is 14.4. The normalized spacial score (nSPS) is 17.5. The molecule has 1 amide bonds. The van der Waals surface area contributed by atoms with Gasteiger partial charge in [0.25, 0.3) is 0 Å². The molecule has 1 aliphatic rings. The van der Waals surface area contributed by atoms with Crippen LogP contribution in [0.2, 0.25) is 0 Å². The van der Waals surface area contributed by atoms with E-state index in [1.165, 1.54) is 4.31 Å². The summed E-state index contributed by atoms with van der Waals surface area (Å²) in [5.41, 5.74) is 2.70. The number of aromatic nitrogens is 4. The number of rotatable bonds is 4. The van der Waals surface area contributed by atoms with E-state index in [1.54, 1.807) is 41.3 Å². The number of aryl methyl sites for hydroxylation is 1. The summed E-state index contributed by atoms with van der Waals surface area (Å²) in [6, 6.07) is 8.06. The molecule has 1 atom stereocenters. The summed E-state index contributed by atoms with van der Waals surface area (Å²) < 4.78 is 29.5. The number of nitrogens with one attached hydrogen (secondary N) is 2. The molecule has 0 bridgehead atoms. The van der Waals surface area contributed by atoms with E-state index in [0.717, 1.165) is 16.5 Å². The number of fused-ring (bicyclic) bond motifs is 2. The Hall–Kier alpha value is -3.24. The van der Waals surface area contributed by atoms with Crippen LogP contribution in [0.3, 0.4) is 0 Å². The van der Waals surface area contributed by atoms with Crippen LogP contribution >= 0.6 is 0 Å². The van der Waals surface area contributed by atoms with Crippen LogP contribution in [-0.4, -0.2) is 51.0 Å². The minimum absolute atomic E-state index is 0.142. The average Bonchev–Trinajstić information content (AvgIpc) is 3.27. The number of benzene rings is 1. The molecule has 10 heteroatoms. The predicted octanol–water partition coefficient (Wildman–Crippen LogP) is 1.92. The van der Waals surface area contributed by atoms with Crippen molar-refractivity contribution in [2.24, 2.45) is 0 Å². The second-order valence-electron chi connectivity index (χ2n) is 7.12. The maximum absolute atomic E-state index is 13.3. The number of sulfonamides is 1. The molecular formula is C19H18N6O3S. The molecule has 0 spiro atoms. The second-order valence-corrected chi connectivity index (χ2v) is 8.98. The van der Waals surface area contributed by atoms with Crippen molar-refractivity contribution >= 4 is 38.0 Å². The summed E-state index contributed by atoms with van der Waals surface area (Å²) in [6.07, 6.45) is 5.47. The van der Waals surface area contributed by atoms with Crippen LogP contribution in [0.5, 0.6) is 0 Å². The largest absolute Gasteiger partial charge is 0.325 e. The van der Waals surface area contributed by atoms with Gasteiger partial charge in [-0.15, -0.1) is 0 Å². The molecule has 0 saturated carbocycles. The van der Waals surface area contributed by atoms with Crippen LogP contribution in [0.25, 0.3) is 16.4 Å². The van der Waals surface area contributed by atoms with Crippen molar-refractivity contribution in [2.75, 3.05) is 11.9 Å². The lowest BCUT2D eigenvalue weighted by Gasteiger charge is -2.38. The van der Waals surface area contributed by atoms with Gasteiger partial charge in [-0.3, -0.25) is 9.89 Å². The maximum atomic E-state index is 13.3. The monoisotopic (exact) mass is 410 g/mol. The van der Waals surface area contributed by atoms with Gasteiger partial charge in [-0.2, -0.15) is 14.5 Å². The molecule has 3 aromatic heterocycles. The molecule has 0 radical (unpaired) electrons. The van der Waals surface area contributed by atoms with Crippen molar-refractivity contribution in [3.8, 4) is 0 Å². The second kappa shape index (κ2) is 6.39. The summed E-state index contributed by atoms with van der Waals surface area (Å²) in [6.45, 7) is 2.13. The van der Waals surface area contributed by atoms with E-state index in [0.29, 0.717) is 24.2 Å². The highest BCUT2D eigenvalue weighted by molar-refractivity contribution is 7.89. The van der Waals surface area contributed by atoms with Crippen LogP contribution in [0.15, 0.2) is 53.8 Å². The standard InChI is InChI=1S/C19H18N6O3S/c1-12-8-13-11-20-23-18(13)17(9-12)29(27,28)25-7-4-16(25)19(26)22-14-3-6-24-15(10-14)2-5-21-24/h2-3,5-6,8-11,16H,4,7H2,1H3,(H,20,23)(H,22,26)/t16-/m0/s1. The van der Waals surface area contributed by atoms with Crippen molar-refractivity contribution < 1.29 is 13.2 Å². The summed E-state index contributed by atoms with van der Waals surface area (Å²) >= 11 is 0. The molecule has 148 valence electrons. The lowest BCUT2D eigenvalue weighted by atomic mass is 10.1. The first-order chi connectivity index (χ1) is 13.9. The third kappa shape index (κ3) is 2.88. The van der Waals surface area contributed by atoms with Crippen LogP contribution in [0, 0.1) is 6.92 Å². The Balaban J connectivity index is 1.42. The zero-order chi connectivity index (χ0) is 20.2. The highest BCUT2D eigenvalue weighted by atomic mass is 32.2. The summed E-state index contributed by atoms with van der Waals surface area (Å²) in [4.78, 5) is 12.9. The van der Waals surface area contributed by atoms with Crippen LogP contribution < -0.4 is 5.32 Å². The smallest absolute Gasteiger partial charge is 0.245 e. The molecule has 0 unspecified atom stereocenters. The maximum Gasteiger partial charge on any atom is 0.245 e. The van der Waals surface area contributed by atoms with Gasteiger partial charge in [-0.05, 0) is 49.2 Å². The van der Waals surface area contributed by atoms with Crippen LogP contribution in [0.4, 0.5) is 5.69 Å². The molecular weight excluding hydrogens is 392 g/mol. The molecule has 0 aliphatic carbocycles. The minimum Gasteiger partial charge on any atom is -0.325 e. The first-order valence-electron chi connectivity index (χ1n) is 9.13. The zero-order valence-electron chi connectivity index (χ0n) is 15.5. The SMILES string of the molecule is Cc1cc(S(=O)(=O)N2CC[C@H]2C(=O)Nc2ccn3nccc3c2)c2[nH]ncc2c1. The Kier molecular flexibility index (Phi) is 3.93. The summed E-state index contributed by atoms with van der Waals surface area (Å²) in [7, 11) is -3.85. The first-order valence-corrected chi connectivity index (χ1v) is 10.6. The number of carbonyl (C=O) groups excluding carboxylic acids is 1. The fraction of sp³-hybridized carbons (Fsp3) is 0.211. The lowest BCUT2D eigenvalue weighted by molar-refractivity contribution is -0.122. The zero-order valence-corrected chi connectivity index (χ0v) is 16.3. The Labute approximate surface area is 166 Å². The van der Waals surface area contributed by atoms with Crippen molar-refractivity contribution in [1.29, 1.82) is 0 Å². The first kappa shape index (κ1) is 17.8. The molecule has 1 saturated heterocycles. The van der Waals surface area contributed by atoms with Crippen LogP contribution in [0.1, 0.15) is 12.0 Å². The number of amides is 1. The van der Waals surface area contributed by atoms with Gasteiger partial charge in [0.1, 0.15) is 10.9 Å². The number of H-pyrrole nitrogens is 1. The molecule has 4 heterocycles. The van der Waals surface area contributed by atoms with Gasteiger partial charge in [0.15, 0.2) is 0 Å². The average molecular weight is 410 g/mol. The molecule has 9 nitrogen and oxygen atoms in total. The van der Waals surface area contributed by atoms with E-state index in [4.69, 9.17) is 0 Å². The molecule has 1 aliphatic heterocycles. The number of carbonyl (C=O) groups is 1. The van der Waals surface area contributed by atoms with Crippen LogP contribution in [-0.2, 0) is 14.8 Å². The van der Waals surface area contributed by atoms with E-state index in [9.17, 15) is 13.2 Å². The number of pyridine rings is 1. The van der Waals surface area contributed by atoms with Crippen molar-refractivity contribution in [1.82, 2.24) is 24.1 Å². The molecule has 4 aromatic rings. The Bertz CT molecular complexity index is 1360. The highest BCUT2D eigenvalue weighted by Crippen LogP contribution is 2.32. The highest BCUT2D eigenvalue weighted by Gasteiger charge is 2.43. The number of aromatic amines is 1. The molecule has 5 rings (SSSR count). The van der Waals surface area contributed by atoms with Gasteiger partial charge in [0, 0.05) is 30.0 Å². The third-order valence-electron chi connectivity index (χ3n) is 5.18. The molecule has 1 fully saturated rings. The Morgan fingerprint density at radius 2 is 2.14 bits per heavy atom. The Morgan fingerprint density at radius 3 is 2.93 bits per heavy atom. The van der Waals surface area contributed by atoms with Gasteiger partial charge >= 0.3 is 0 Å². The van der Waals surface area contributed by atoms with Gasteiger partial charge in [0.2, 0.25) is 15.9 Å². The van der Waals surface area contributed by atoms with Crippen molar-refractivity contribution in [3.63, 3.8) is 0 Å². The molecule has 29 heavy (non-hydrogen) atoms. The van der Waals surface area contributed by atoms with Crippen molar-refractivity contribution in [3.05, 3.63) is 54.5 Å². The van der Waals surface area contributed by atoms with Gasteiger partial charge in [0.05, 0.1) is 17.2 Å². The number of hydrogen-bond acceptors (Lipinski definition) is 5. The Morgan fingerprint density at radius 1 is 1.28 bits per heavy atom. The van der Waals surface area contributed by atoms with E-state index in [1.807, 2.05) is 19.1 Å². The summed E-state index contributed by atoms with van der Waals surface area (Å²) in [5.74, 6) is -0.350. The van der Waals surface area contributed by atoms with E-state index < -0.39 is 16.1 Å². The fourth-order valence-electron chi connectivity index (χ4n) is 3.64. The topological polar surface area (TPSA) is 112 Å². The number of anilines is 1. The molecule has 1 aromatic carbocycles. The van der Waals surface area contributed by atoms with Crippen molar-refractivity contribution in [2.45, 2.75) is 24.3 Å². The van der Waals surface area contributed by atoms with E-state index in [-0.39, 0.29) is 10.8 Å². The van der Waals surface area contributed by atoms with E-state index in [2.05, 4.69) is 20.6 Å². The fourth-order valence-corrected chi connectivity index (χ4v) is 5.53. The van der Waals surface area contributed by atoms with Gasteiger partial charge in [-0.1, -0.05) is 0 Å². The van der Waals surface area contributed by atoms with Gasteiger partial charge in [-0.25, -0.2) is 12.9 Å². The third-order valence-corrected chi connectivity index (χ3v) is 7.12. The predicted molar refractivity (Wildman–Crippen MR) is 107 cm³/mol.